The topological polar surface area (TPSA) is 29.5 Å². The molecule has 0 bridgehead atoms. The highest BCUT2D eigenvalue weighted by Crippen LogP contribution is 2.51. The van der Waals surface area contributed by atoms with Crippen molar-refractivity contribution in [3.63, 3.8) is 0 Å². The zero-order valence-corrected chi connectivity index (χ0v) is 6.50. The Labute approximate surface area is 61.2 Å². The summed E-state index contributed by atoms with van der Waals surface area (Å²) in [6, 6.07) is 0. The van der Waals surface area contributed by atoms with Gasteiger partial charge in [-0.2, -0.15) is 0 Å². The van der Waals surface area contributed by atoms with Gasteiger partial charge in [-0.05, 0) is 6.42 Å². The fourth-order valence-corrected chi connectivity index (χ4v) is 2.30. The van der Waals surface area contributed by atoms with Crippen LogP contribution in [0.2, 0.25) is 0 Å². The van der Waals surface area contributed by atoms with Crippen LogP contribution in [0.1, 0.15) is 20.3 Å². The molecule has 58 valence electrons. The van der Waals surface area contributed by atoms with Crippen molar-refractivity contribution in [1.82, 2.24) is 0 Å². The van der Waals surface area contributed by atoms with Crippen LogP contribution in [-0.4, -0.2) is 23.9 Å². The van der Waals surface area contributed by atoms with Gasteiger partial charge >= 0.3 is 0 Å². The van der Waals surface area contributed by atoms with Crippen LogP contribution in [0.4, 0.5) is 0 Å². The molecule has 1 saturated carbocycles. The van der Waals surface area contributed by atoms with E-state index in [0.717, 1.165) is 13.0 Å². The Bertz CT molecular complexity index is 153. The van der Waals surface area contributed by atoms with Gasteiger partial charge in [-0.15, -0.1) is 0 Å². The molecular weight excluding hydrogens is 128 g/mol. The fourth-order valence-electron chi connectivity index (χ4n) is 2.30. The summed E-state index contributed by atoms with van der Waals surface area (Å²) in [6.07, 6.45) is 1.26. The molecule has 1 N–H and O–H groups in total. The molecule has 1 aliphatic heterocycles. The molecule has 0 aromatic carbocycles. The largest absolute Gasteiger partial charge is 0.392 e. The van der Waals surface area contributed by atoms with Crippen LogP contribution in [0.3, 0.4) is 0 Å². The zero-order valence-electron chi connectivity index (χ0n) is 6.50. The zero-order chi connectivity index (χ0) is 7.35. The van der Waals surface area contributed by atoms with E-state index in [9.17, 15) is 5.11 Å². The number of aliphatic hydroxyl groups excluding tert-OH is 1. The monoisotopic (exact) mass is 142 g/mol. The van der Waals surface area contributed by atoms with E-state index in [-0.39, 0.29) is 11.5 Å². The molecule has 3 atom stereocenters. The van der Waals surface area contributed by atoms with Crippen LogP contribution < -0.4 is 0 Å². The Morgan fingerprint density at radius 1 is 1.50 bits per heavy atom. The first kappa shape index (κ1) is 6.62. The number of aliphatic hydroxyl groups is 1. The second-order valence-electron chi connectivity index (χ2n) is 4.01. The van der Waals surface area contributed by atoms with Crippen LogP contribution in [0.25, 0.3) is 0 Å². The van der Waals surface area contributed by atoms with Crippen LogP contribution in [0.15, 0.2) is 0 Å². The summed E-state index contributed by atoms with van der Waals surface area (Å²) in [5, 5.41) is 9.57. The van der Waals surface area contributed by atoms with Gasteiger partial charge in [0.25, 0.3) is 0 Å². The minimum absolute atomic E-state index is 0.0150. The van der Waals surface area contributed by atoms with Crippen molar-refractivity contribution in [1.29, 1.82) is 0 Å². The summed E-state index contributed by atoms with van der Waals surface area (Å²) in [5.74, 6) is 0.440. The van der Waals surface area contributed by atoms with E-state index in [2.05, 4.69) is 13.8 Å². The van der Waals surface area contributed by atoms with E-state index in [1.807, 2.05) is 0 Å². The van der Waals surface area contributed by atoms with E-state index in [4.69, 9.17) is 4.74 Å². The number of fused-ring (bicyclic) bond motifs is 1. The van der Waals surface area contributed by atoms with Crippen LogP contribution >= 0.6 is 0 Å². The van der Waals surface area contributed by atoms with Gasteiger partial charge in [0.15, 0.2) is 0 Å². The maximum Gasteiger partial charge on any atom is 0.0704 e. The van der Waals surface area contributed by atoms with Crippen molar-refractivity contribution in [3.05, 3.63) is 0 Å². The van der Waals surface area contributed by atoms with Crippen molar-refractivity contribution in [2.75, 3.05) is 6.61 Å². The van der Waals surface area contributed by atoms with E-state index in [1.54, 1.807) is 0 Å². The molecule has 0 aromatic heterocycles. The number of hydrogen-bond acceptors (Lipinski definition) is 2. The first-order chi connectivity index (χ1) is 4.64. The average Bonchev–Trinajstić information content (AvgIpc) is 2.31. The number of hydrogen-bond donors (Lipinski definition) is 1. The molecule has 0 aromatic rings. The van der Waals surface area contributed by atoms with Gasteiger partial charge < -0.3 is 9.84 Å². The SMILES string of the molecule is CC1(C)[C@H](O)[C@H]2CCO[C@H]21. The molecule has 1 saturated heterocycles. The third-order valence-corrected chi connectivity index (χ3v) is 3.04. The average molecular weight is 142 g/mol. The predicted molar refractivity (Wildman–Crippen MR) is 37.6 cm³/mol. The molecule has 2 rings (SSSR count). The molecular formula is C8H14O2. The lowest BCUT2D eigenvalue weighted by Crippen LogP contribution is -2.59. The van der Waals surface area contributed by atoms with Crippen molar-refractivity contribution in [3.8, 4) is 0 Å². The van der Waals surface area contributed by atoms with E-state index in [1.165, 1.54) is 0 Å². The first-order valence-corrected chi connectivity index (χ1v) is 3.93. The molecule has 0 spiro atoms. The van der Waals surface area contributed by atoms with E-state index >= 15 is 0 Å². The molecule has 0 unspecified atom stereocenters. The summed E-state index contributed by atoms with van der Waals surface area (Å²) in [4.78, 5) is 0. The van der Waals surface area contributed by atoms with Crippen LogP contribution in [0, 0.1) is 11.3 Å². The second kappa shape index (κ2) is 1.74. The standard InChI is InChI=1S/C8H14O2/c1-8(2)6(9)5-3-4-10-7(5)8/h5-7,9H,3-4H2,1-2H3/t5-,6-,7-/m1/s1. The minimum Gasteiger partial charge on any atom is -0.392 e. The quantitative estimate of drug-likeness (QED) is 0.542. The maximum atomic E-state index is 9.57. The Morgan fingerprint density at radius 3 is 2.80 bits per heavy atom. The van der Waals surface area contributed by atoms with Gasteiger partial charge in [0.05, 0.1) is 12.2 Å². The highest BCUT2D eigenvalue weighted by molar-refractivity contribution is 5.07. The molecule has 0 radical (unpaired) electrons. The Morgan fingerprint density at radius 2 is 2.20 bits per heavy atom. The summed E-state index contributed by atoms with van der Waals surface area (Å²) in [6.45, 7) is 4.99. The van der Waals surface area contributed by atoms with Gasteiger partial charge in [0, 0.05) is 17.9 Å². The summed E-state index contributed by atoms with van der Waals surface area (Å²) < 4.78 is 5.48. The molecule has 10 heavy (non-hydrogen) atoms. The summed E-state index contributed by atoms with van der Waals surface area (Å²) >= 11 is 0. The molecule has 2 fully saturated rings. The van der Waals surface area contributed by atoms with Crippen molar-refractivity contribution in [2.45, 2.75) is 32.5 Å². The third-order valence-electron chi connectivity index (χ3n) is 3.04. The van der Waals surface area contributed by atoms with Crippen LogP contribution in [0.5, 0.6) is 0 Å². The van der Waals surface area contributed by atoms with Gasteiger partial charge in [0.1, 0.15) is 0 Å². The van der Waals surface area contributed by atoms with Gasteiger partial charge in [-0.1, -0.05) is 13.8 Å². The lowest BCUT2D eigenvalue weighted by atomic mass is 9.59. The Hall–Kier alpha value is -0.0800. The third kappa shape index (κ3) is 0.565. The van der Waals surface area contributed by atoms with Gasteiger partial charge in [-0.3, -0.25) is 0 Å². The highest BCUT2D eigenvalue weighted by atomic mass is 16.5. The van der Waals surface area contributed by atoms with Crippen molar-refractivity contribution in [2.24, 2.45) is 11.3 Å². The summed E-state index contributed by atoms with van der Waals surface area (Å²) in [5.41, 5.74) is 0.0150. The minimum atomic E-state index is -0.125. The van der Waals surface area contributed by atoms with Crippen molar-refractivity contribution >= 4 is 0 Å². The molecule has 1 aliphatic carbocycles. The number of rotatable bonds is 0. The normalized spacial score (nSPS) is 50.1. The molecule has 0 amide bonds. The van der Waals surface area contributed by atoms with Crippen LogP contribution in [-0.2, 0) is 4.74 Å². The summed E-state index contributed by atoms with van der Waals surface area (Å²) in [7, 11) is 0. The maximum absolute atomic E-state index is 9.57. The molecule has 2 heteroatoms. The fraction of sp³-hybridized carbons (Fsp3) is 1.00. The number of ether oxygens (including phenoxy) is 1. The van der Waals surface area contributed by atoms with E-state index in [0.29, 0.717) is 12.0 Å². The smallest absolute Gasteiger partial charge is 0.0704 e. The second-order valence-corrected chi connectivity index (χ2v) is 4.01. The first-order valence-electron chi connectivity index (χ1n) is 3.93. The lowest BCUT2D eigenvalue weighted by Gasteiger charge is -2.51. The van der Waals surface area contributed by atoms with E-state index < -0.39 is 0 Å². The lowest BCUT2D eigenvalue weighted by molar-refractivity contribution is -0.181. The molecule has 2 aliphatic rings. The van der Waals surface area contributed by atoms with Crippen molar-refractivity contribution < 1.29 is 9.84 Å². The van der Waals surface area contributed by atoms with Gasteiger partial charge in [-0.25, -0.2) is 0 Å². The molecule has 2 nitrogen and oxygen atoms in total. The van der Waals surface area contributed by atoms with Gasteiger partial charge in [0.2, 0.25) is 0 Å². The highest BCUT2D eigenvalue weighted by Gasteiger charge is 2.58. The molecule has 1 heterocycles. The predicted octanol–water partition coefficient (Wildman–Crippen LogP) is 0.792. The Kier molecular flexibility index (Phi) is 1.15. The Balaban J connectivity index is 2.15.